The zero-order chi connectivity index (χ0) is 16.2. The Labute approximate surface area is 139 Å². The molecule has 0 aliphatic carbocycles. The molecule has 3 rings (SSSR count). The number of fused-ring (bicyclic) bond motifs is 1. The molecule has 2 aromatic rings. The fourth-order valence-electron chi connectivity index (χ4n) is 2.29. The van der Waals surface area contributed by atoms with Crippen molar-refractivity contribution in [3.63, 3.8) is 0 Å². The van der Waals surface area contributed by atoms with Crippen LogP contribution in [0.5, 0.6) is 11.5 Å². The van der Waals surface area contributed by atoms with Crippen molar-refractivity contribution < 1.29 is 14.3 Å². The van der Waals surface area contributed by atoms with Crippen molar-refractivity contribution in [2.45, 2.75) is 17.9 Å². The van der Waals surface area contributed by atoms with Gasteiger partial charge < -0.3 is 20.1 Å². The first-order valence-corrected chi connectivity index (χ1v) is 8.50. The molecular weight excluding hydrogens is 312 g/mol. The highest BCUT2D eigenvalue weighted by molar-refractivity contribution is 7.98. The number of ether oxygens (including phenoxy) is 2. The van der Waals surface area contributed by atoms with Crippen molar-refractivity contribution in [2.75, 3.05) is 23.7 Å². The van der Waals surface area contributed by atoms with Crippen molar-refractivity contribution in [3.05, 3.63) is 42.5 Å². The third-order valence-electron chi connectivity index (χ3n) is 3.51. The lowest BCUT2D eigenvalue weighted by Crippen LogP contribution is -2.32. The van der Waals surface area contributed by atoms with Crippen LogP contribution >= 0.6 is 11.8 Å². The maximum absolute atomic E-state index is 12.4. The van der Waals surface area contributed by atoms with Crippen LogP contribution in [0.2, 0.25) is 0 Å². The summed E-state index contributed by atoms with van der Waals surface area (Å²) in [5.74, 6) is 1.32. The first kappa shape index (κ1) is 15.6. The summed E-state index contributed by atoms with van der Waals surface area (Å²) in [6.45, 7) is 2.06. The Balaban J connectivity index is 1.66. The van der Waals surface area contributed by atoms with E-state index in [1.54, 1.807) is 11.8 Å². The maximum Gasteiger partial charge on any atom is 0.246 e. The van der Waals surface area contributed by atoms with Gasteiger partial charge in [0.05, 0.1) is 5.69 Å². The Morgan fingerprint density at radius 2 is 1.96 bits per heavy atom. The number of benzene rings is 2. The molecule has 0 radical (unpaired) electrons. The predicted molar refractivity (Wildman–Crippen MR) is 92.5 cm³/mol. The second-order valence-corrected chi connectivity index (χ2v) is 5.97. The summed E-state index contributed by atoms with van der Waals surface area (Å²) in [4.78, 5) is 13.4. The van der Waals surface area contributed by atoms with Gasteiger partial charge in [-0.05, 0) is 37.4 Å². The molecule has 120 valence electrons. The molecule has 0 unspecified atom stereocenters. The van der Waals surface area contributed by atoms with Crippen molar-refractivity contribution in [1.29, 1.82) is 0 Å². The first-order valence-electron chi connectivity index (χ1n) is 7.27. The molecule has 1 amide bonds. The first-order chi connectivity index (χ1) is 11.2. The molecule has 1 atom stereocenters. The van der Waals surface area contributed by atoms with Crippen molar-refractivity contribution in [2.24, 2.45) is 0 Å². The SMILES string of the molecule is CSc1ccccc1NC(=O)[C@H](C)Nc1ccc2c(c1)OCO2. The van der Waals surface area contributed by atoms with Gasteiger partial charge in [-0.2, -0.15) is 0 Å². The van der Waals surface area contributed by atoms with Gasteiger partial charge in [-0.15, -0.1) is 11.8 Å². The Kier molecular flexibility index (Phi) is 4.62. The lowest BCUT2D eigenvalue weighted by atomic mass is 10.2. The van der Waals surface area contributed by atoms with E-state index in [9.17, 15) is 4.79 Å². The zero-order valence-electron chi connectivity index (χ0n) is 13.0. The number of anilines is 2. The number of hydrogen-bond donors (Lipinski definition) is 2. The van der Waals surface area contributed by atoms with Gasteiger partial charge in [-0.25, -0.2) is 0 Å². The average Bonchev–Trinajstić information content (AvgIpc) is 3.03. The summed E-state index contributed by atoms with van der Waals surface area (Å²) in [6, 6.07) is 12.9. The summed E-state index contributed by atoms with van der Waals surface area (Å²) >= 11 is 1.60. The van der Waals surface area contributed by atoms with Crippen LogP contribution in [0.25, 0.3) is 0 Å². The van der Waals surface area contributed by atoms with Gasteiger partial charge in [0.1, 0.15) is 6.04 Å². The molecule has 0 saturated heterocycles. The fraction of sp³-hybridized carbons (Fsp3) is 0.235. The van der Waals surface area contributed by atoms with E-state index in [0.29, 0.717) is 5.75 Å². The zero-order valence-corrected chi connectivity index (χ0v) is 13.8. The third-order valence-corrected chi connectivity index (χ3v) is 4.31. The summed E-state index contributed by atoms with van der Waals surface area (Å²) in [5.41, 5.74) is 1.64. The topological polar surface area (TPSA) is 59.6 Å². The lowest BCUT2D eigenvalue weighted by Gasteiger charge is -2.16. The Morgan fingerprint density at radius 3 is 2.78 bits per heavy atom. The molecule has 1 aliphatic rings. The minimum Gasteiger partial charge on any atom is -0.454 e. The van der Waals surface area contributed by atoms with E-state index in [0.717, 1.165) is 22.0 Å². The van der Waals surface area contributed by atoms with Gasteiger partial charge in [-0.3, -0.25) is 4.79 Å². The number of nitrogens with one attached hydrogen (secondary N) is 2. The quantitative estimate of drug-likeness (QED) is 0.821. The Morgan fingerprint density at radius 1 is 1.17 bits per heavy atom. The highest BCUT2D eigenvalue weighted by Gasteiger charge is 2.17. The Bertz CT molecular complexity index is 721. The number of rotatable bonds is 5. The highest BCUT2D eigenvalue weighted by atomic mass is 32.2. The van der Waals surface area contributed by atoms with Gasteiger partial charge in [-0.1, -0.05) is 12.1 Å². The van der Waals surface area contributed by atoms with Crippen LogP contribution in [0.15, 0.2) is 47.4 Å². The number of para-hydroxylation sites is 1. The van der Waals surface area contributed by atoms with Gasteiger partial charge in [0, 0.05) is 16.6 Å². The third kappa shape index (κ3) is 3.53. The molecule has 23 heavy (non-hydrogen) atoms. The molecule has 0 fully saturated rings. The van der Waals surface area contributed by atoms with Gasteiger partial charge >= 0.3 is 0 Å². The van der Waals surface area contributed by atoms with Crippen molar-refractivity contribution in [1.82, 2.24) is 0 Å². The largest absolute Gasteiger partial charge is 0.454 e. The molecule has 2 aromatic carbocycles. The van der Waals surface area contributed by atoms with E-state index in [4.69, 9.17) is 9.47 Å². The van der Waals surface area contributed by atoms with E-state index >= 15 is 0 Å². The van der Waals surface area contributed by atoms with E-state index in [2.05, 4.69) is 10.6 Å². The van der Waals surface area contributed by atoms with Gasteiger partial charge in [0.15, 0.2) is 11.5 Å². The predicted octanol–water partition coefficient (Wildman–Crippen LogP) is 3.58. The molecule has 1 aliphatic heterocycles. The van der Waals surface area contributed by atoms with Crippen LogP contribution in [-0.2, 0) is 4.79 Å². The van der Waals surface area contributed by atoms with E-state index in [1.165, 1.54) is 0 Å². The van der Waals surface area contributed by atoms with Crippen molar-refractivity contribution in [3.8, 4) is 11.5 Å². The number of carbonyl (C=O) groups is 1. The number of amides is 1. The fourth-order valence-corrected chi connectivity index (χ4v) is 2.84. The number of thioether (sulfide) groups is 1. The van der Waals surface area contributed by atoms with Crippen LogP contribution in [0.1, 0.15) is 6.92 Å². The minimum absolute atomic E-state index is 0.0934. The van der Waals surface area contributed by atoms with Crippen molar-refractivity contribution >= 4 is 29.0 Å². The van der Waals surface area contributed by atoms with Crippen LogP contribution in [0.4, 0.5) is 11.4 Å². The lowest BCUT2D eigenvalue weighted by molar-refractivity contribution is -0.116. The van der Waals surface area contributed by atoms with E-state index in [-0.39, 0.29) is 18.7 Å². The number of hydrogen-bond acceptors (Lipinski definition) is 5. The average molecular weight is 330 g/mol. The van der Waals surface area contributed by atoms with Crippen LogP contribution in [0, 0.1) is 0 Å². The van der Waals surface area contributed by atoms with Gasteiger partial charge in [0.2, 0.25) is 12.7 Å². The van der Waals surface area contributed by atoms with Crippen LogP contribution in [-0.4, -0.2) is 25.0 Å². The summed E-state index contributed by atoms with van der Waals surface area (Å²) < 4.78 is 10.6. The number of carbonyl (C=O) groups excluding carboxylic acids is 1. The highest BCUT2D eigenvalue weighted by Crippen LogP contribution is 2.34. The smallest absolute Gasteiger partial charge is 0.246 e. The molecule has 0 aromatic heterocycles. The normalized spacial score (nSPS) is 13.5. The van der Waals surface area contributed by atoms with Crippen LogP contribution in [0.3, 0.4) is 0 Å². The molecule has 0 bridgehead atoms. The monoisotopic (exact) mass is 330 g/mol. The molecule has 0 spiro atoms. The van der Waals surface area contributed by atoms with E-state index < -0.39 is 0 Å². The summed E-state index contributed by atoms with van der Waals surface area (Å²) in [7, 11) is 0. The maximum atomic E-state index is 12.4. The molecule has 5 nitrogen and oxygen atoms in total. The van der Waals surface area contributed by atoms with Crippen LogP contribution < -0.4 is 20.1 Å². The van der Waals surface area contributed by atoms with Gasteiger partial charge in [0.25, 0.3) is 0 Å². The molecule has 1 heterocycles. The second-order valence-electron chi connectivity index (χ2n) is 5.12. The summed E-state index contributed by atoms with van der Waals surface area (Å²) in [6.07, 6.45) is 1.99. The summed E-state index contributed by atoms with van der Waals surface area (Å²) in [5, 5.41) is 6.13. The molecular formula is C17H18N2O3S. The Hall–Kier alpha value is -2.34. The standard InChI is InChI=1S/C17H18N2O3S/c1-11(17(20)19-13-5-3-4-6-16(13)23-2)18-12-7-8-14-15(9-12)22-10-21-14/h3-9,11,18H,10H2,1-2H3,(H,19,20)/t11-/m0/s1. The molecule has 2 N–H and O–H groups in total. The van der Waals surface area contributed by atoms with E-state index in [1.807, 2.05) is 55.6 Å². The minimum atomic E-state index is -0.384. The molecule has 0 saturated carbocycles. The molecule has 6 heteroatoms. The second kappa shape index (κ2) is 6.83.